The minimum absolute atomic E-state index is 0.0193. The summed E-state index contributed by atoms with van der Waals surface area (Å²) >= 11 is 6.10. The number of nitrogens with zero attached hydrogens (tertiary/aromatic N) is 2. The lowest BCUT2D eigenvalue weighted by Gasteiger charge is -2.26. The smallest absolute Gasteiger partial charge is 0.361 e. The number of rotatable bonds is 3. The van der Waals surface area contributed by atoms with Crippen molar-refractivity contribution in [3.8, 4) is 0 Å². The molecule has 0 aromatic heterocycles. The van der Waals surface area contributed by atoms with Gasteiger partial charge in [0.15, 0.2) is 9.84 Å². The van der Waals surface area contributed by atoms with E-state index in [-0.39, 0.29) is 16.3 Å². The van der Waals surface area contributed by atoms with Crippen LogP contribution in [0.5, 0.6) is 0 Å². The summed E-state index contributed by atoms with van der Waals surface area (Å²) in [6.45, 7) is 0.903. The Hall–Kier alpha value is -2.10. The van der Waals surface area contributed by atoms with Crippen LogP contribution in [0.3, 0.4) is 0 Å². The Bertz CT molecular complexity index is 1050. The minimum atomic E-state index is -4.99. The van der Waals surface area contributed by atoms with Crippen LogP contribution in [-0.4, -0.2) is 44.1 Å². The van der Waals surface area contributed by atoms with Crippen LogP contribution in [-0.2, 0) is 9.84 Å². The molecule has 0 aliphatic carbocycles. The molecule has 0 spiro atoms. The van der Waals surface area contributed by atoms with Crippen LogP contribution in [0.15, 0.2) is 52.4 Å². The SMILES string of the molecule is Cc1ccc(N2CC(O)(C(F)(F)F)N=C2c2ccc(S(C)(=O)=O)cc2)cc1Cl. The molecule has 28 heavy (non-hydrogen) atoms. The monoisotopic (exact) mass is 432 g/mol. The van der Waals surface area contributed by atoms with Crippen molar-refractivity contribution < 1.29 is 26.7 Å². The highest BCUT2D eigenvalue weighted by molar-refractivity contribution is 7.90. The second kappa shape index (κ2) is 6.75. The second-order valence-electron chi connectivity index (χ2n) is 6.57. The first-order chi connectivity index (χ1) is 12.8. The quantitative estimate of drug-likeness (QED) is 0.805. The van der Waals surface area contributed by atoms with Gasteiger partial charge < -0.3 is 10.0 Å². The molecule has 0 amide bonds. The number of sulfone groups is 1. The van der Waals surface area contributed by atoms with Crippen LogP contribution in [0.25, 0.3) is 0 Å². The first-order valence-corrected chi connectivity index (χ1v) is 10.3. The Morgan fingerprint density at radius 2 is 1.79 bits per heavy atom. The van der Waals surface area contributed by atoms with E-state index in [9.17, 15) is 26.7 Å². The van der Waals surface area contributed by atoms with Gasteiger partial charge in [0, 0.05) is 22.5 Å². The fraction of sp³-hybridized carbons (Fsp3) is 0.278. The van der Waals surface area contributed by atoms with E-state index in [4.69, 9.17) is 11.6 Å². The van der Waals surface area contributed by atoms with E-state index in [0.29, 0.717) is 10.7 Å². The van der Waals surface area contributed by atoms with Crippen LogP contribution in [0.1, 0.15) is 11.1 Å². The van der Waals surface area contributed by atoms with Gasteiger partial charge in [0.25, 0.3) is 5.72 Å². The van der Waals surface area contributed by atoms with Crippen molar-refractivity contribution in [2.24, 2.45) is 4.99 Å². The zero-order valence-corrected chi connectivity index (χ0v) is 16.4. The third-order valence-corrected chi connectivity index (χ3v) is 5.92. The maximum atomic E-state index is 13.4. The standard InChI is InChI=1S/C18H16ClF3N2O3S/c1-11-3-6-13(9-15(11)19)24-10-17(25,18(20,21)22)23-16(24)12-4-7-14(8-5-12)28(2,26)27/h3-9,25H,10H2,1-2H3. The summed E-state index contributed by atoms with van der Waals surface area (Å²) in [6, 6.07) is 9.95. The van der Waals surface area contributed by atoms with Crippen molar-refractivity contribution in [1.29, 1.82) is 0 Å². The summed E-state index contributed by atoms with van der Waals surface area (Å²) in [5, 5.41) is 10.5. The fourth-order valence-corrected chi connectivity index (χ4v) is 3.56. The van der Waals surface area contributed by atoms with Crippen molar-refractivity contribution >= 4 is 33.0 Å². The van der Waals surface area contributed by atoms with Crippen LogP contribution in [0.2, 0.25) is 5.02 Å². The van der Waals surface area contributed by atoms with Gasteiger partial charge in [-0.1, -0.05) is 17.7 Å². The van der Waals surface area contributed by atoms with Crippen LogP contribution in [0, 0.1) is 6.92 Å². The van der Waals surface area contributed by atoms with Gasteiger partial charge in [-0.3, -0.25) is 0 Å². The van der Waals surface area contributed by atoms with E-state index in [2.05, 4.69) is 4.99 Å². The van der Waals surface area contributed by atoms with Crippen molar-refractivity contribution in [3.63, 3.8) is 0 Å². The average Bonchev–Trinajstić information content (AvgIpc) is 2.96. The van der Waals surface area contributed by atoms with Gasteiger partial charge >= 0.3 is 6.18 Å². The number of aliphatic imine (C=N–C) groups is 1. The minimum Gasteiger partial charge on any atom is -0.361 e. The van der Waals surface area contributed by atoms with E-state index in [1.165, 1.54) is 35.2 Å². The van der Waals surface area contributed by atoms with Gasteiger partial charge in [0.1, 0.15) is 5.84 Å². The summed E-state index contributed by atoms with van der Waals surface area (Å²) in [6.07, 6.45) is -3.97. The molecule has 0 fully saturated rings. The first-order valence-electron chi connectivity index (χ1n) is 8.05. The number of β-amino-alcohol motifs (C(OH)–C–C–N with tert-alkyl or cyclic N) is 1. The zero-order chi connectivity index (χ0) is 20.9. The molecule has 1 unspecified atom stereocenters. The Balaban J connectivity index is 2.11. The lowest BCUT2D eigenvalue weighted by molar-refractivity contribution is -0.249. The van der Waals surface area contributed by atoms with Gasteiger partial charge in [-0.15, -0.1) is 0 Å². The van der Waals surface area contributed by atoms with Gasteiger partial charge in [-0.25, -0.2) is 13.4 Å². The number of aliphatic hydroxyl groups is 1. The highest BCUT2D eigenvalue weighted by atomic mass is 35.5. The van der Waals surface area contributed by atoms with Crippen LogP contribution >= 0.6 is 11.6 Å². The van der Waals surface area contributed by atoms with E-state index < -0.39 is 28.3 Å². The Morgan fingerprint density at radius 1 is 1.18 bits per heavy atom. The van der Waals surface area contributed by atoms with Gasteiger partial charge in [-0.2, -0.15) is 13.2 Å². The number of benzene rings is 2. The summed E-state index contributed by atoms with van der Waals surface area (Å²) in [5.74, 6) is -0.139. The van der Waals surface area contributed by atoms with Crippen LogP contribution < -0.4 is 4.90 Å². The molecule has 1 aliphatic rings. The van der Waals surface area contributed by atoms with Gasteiger partial charge in [-0.05, 0) is 48.9 Å². The third-order valence-electron chi connectivity index (χ3n) is 4.39. The molecular weight excluding hydrogens is 417 g/mol. The lowest BCUT2D eigenvalue weighted by atomic mass is 10.1. The molecule has 1 heterocycles. The topological polar surface area (TPSA) is 70.0 Å². The molecule has 0 radical (unpaired) electrons. The molecule has 1 N–H and O–H groups in total. The number of alkyl halides is 3. The summed E-state index contributed by atoms with van der Waals surface area (Å²) in [7, 11) is -3.47. The lowest BCUT2D eigenvalue weighted by Crippen LogP contribution is -2.47. The normalized spacial score (nSPS) is 20.4. The van der Waals surface area contributed by atoms with Crippen molar-refractivity contribution in [3.05, 3.63) is 58.6 Å². The highest BCUT2D eigenvalue weighted by Gasteiger charge is 2.58. The number of hydrogen-bond donors (Lipinski definition) is 1. The summed E-state index contributed by atoms with van der Waals surface area (Å²) < 4.78 is 63.4. The molecule has 5 nitrogen and oxygen atoms in total. The molecule has 3 rings (SSSR count). The maximum Gasteiger partial charge on any atom is 0.440 e. The second-order valence-corrected chi connectivity index (χ2v) is 8.99. The molecular formula is C18H16ClF3N2O3S. The number of aryl methyl sites for hydroxylation is 1. The van der Waals surface area contributed by atoms with E-state index >= 15 is 0 Å². The molecule has 0 saturated carbocycles. The van der Waals surface area contributed by atoms with E-state index in [1.807, 2.05) is 0 Å². The predicted molar refractivity (Wildman–Crippen MR) is 101 cm³/mol. The summed E-state index contributed by atoms with van der Waals surface area (Å²) in [4.78, 5) is 4.77. The summed E-state index contributed by atoms with van der Waals surface area (Å²) in [5.41, 5.74) is -2.01. The van der Waals surface area contributed by atoms with Crippen molar-refractivity contribution in [2.45, 2.75) is 23.7 Å². The maximum absolute atomic E-state index is 13.4. The predicted octanol–water partition coefficient (Wildman–Crippen LogP) is 3.57. The van der Waals surface area contributed by atoms with Crippen molar-refractivity contribution in [1.82, 2.24) is 0 Å². The van der Waals surface area contributed by atoms with Crippen molar-refractivity contribution in [2.75, 3.05) is 17.7 Å². The highest BCUT2D eigenvalue weighted by Crippen LogP contribution is 2.39. The van der Waals surface area contributed by atoms with Gasteiger partial charge in [0.2, 0.25) is 0 Å². The largest absolute Gasteiger partial charge is 0.440 e. The number of amidine groups is 1. The zero-order valence-electron chi connectivity index (χ0n) is 14.8. The van der Waals surface area contributed by atoms with Crippen LogP contribution in [0.4, 0.5) is 18.9 Å². The molecule has 0 saturated heterocycles. The van der Waals surface area contributed by atoms with E-state index in [0.717, 1.165) is 11.8 Å². The number of hydrogen-bond acceptors (Lipinski definition) is 5. The average molecular weight is 433 g/mol. The molecule has 2 aromatic rings. The Labute approximate surface area is 165 Å². The first kappa shape index (κ1) is 20.6. The third kappa shape index (κ3) is 3.74. The molecule has 10 heteroatoms. The molecule has 1 atom stereocenters. The van der Waals surface area contributed by atoms with Gasteiger partial charge in [0.05, 0.1) is 11.4 Å². The molecule has 2 aromatic carbocycles. The number of halogens is 4. The Kier molecular flexibility index (Phi) is 4.97. The molecule has 150 valence electrons. The van der Waals surface area contributed by atoms with E-state index in [1.54, 1.807) is 19.1 Å². The number of anilines is 1. The molecule has 0 bridgehead atoms. The fourth-order valence-electron chi connectivity index (χ4n) is 2.75. The molecule has 1 aliphatic heterocycles. The Morgan fingerprint density at radius 3 is 2.29 bits per heavy atom.